The highest BCUT2D eigenvalue weighted by Gasteiger charge is 2.11. The summed E-state index contributed by atoms with van der Waals surface area (Å²) in [6.07, 6.45) is 1.58. The number of hydrogen-bond donors (Lipinski definition) is 1. The number of para-hydroxylation sites is 1. The van der Waals surface area contributed by atoms with Crippen LogP contribution in [0.2, 0.25) is 5.02 Å². The second-order valence-electron chi connectivity index (χ2n) is 7.45. The lowest BCUT2D eigenvalue weighted by Gasteiger charge is -2.10. The maximum absolute atomic E-state index is 12.6. The molecule has 5 nitrogen and oxygen atoms in total. The third kappa shape index (κ3) is 6.70. The van der Waals surface area contributed by atoms with E-state index in [1.807, 2.05) is 72.8 Å². The fraction of sp³-hybridized carbons (Fsp3) is 0.0714. The minimum atomic E-state index is -0.356. The fourth-order valence-corrected chi connectivity index (χ4v) is 3.26. The van der Waals surface area contributed by atoms with Crippen molar-refractivity contribution in [3.8, 4) is 11.5 Å². The van der Waals surface area contributed by atoms with Gasteiger partial charge in [0.05, 0.1) is 11.8 Å². The predicted octanol–water partition coefficient (Wildman–Crippen LogP) is 6.26. The molecule has 0 bridgehead atoms. The van der Waals surface area contributed by atoms with Crippen LogP contribution in [0.4, 0.5) is 0 Å². The summed E-state index contributed by atoms with van der Waals surface area (Å²) in [6.45, 7) is 0.827. The summed E-state index contributed by atoms with van der Waals surface area (Å²) in [5.74, 6) is 0.882. The molecule has 0 atom stereocenters. The lowest BCUT2D eigenvalue weighted by molar-refractivity contribution is 0.0950. The molecule has 6 heteroatoms. The Balaban J connectivity index is 1.31. The first kappa shape index (κ1) is 23.1. The lowest BCUT2D eigenvalue weighted by Crippen LogP contribution is -2.18. The summed E-state index contributed by atoms with van der Waals surface area (Å²) in [5, 5.41) is 4.74. The summed E-state index contributed by atoms with van der Waals surface area (Å²) in [4.78, 5) is 12.6. The molecule has 0 aliphatic carbocycles. The van der Waals surface area contributed by atoms with Crippen LogP contribution in [0.5, 0.6) is 11.5 Å². The van der Waals surface area contributed by atoms with Crippen molar-refractivity contribution >= 4 is 23.7 Å². The number of benzene rings is 4. The van der Waals surface area contributed by atoms with Crippen molar-refractivity contribution in [2.75, 3.05) is 0 Å². The Morgan fingerprint density at radius 2 is 1.41 bits per heavy atom. The number of halogens is 1. The van der Waals surface area contributed by atoms with Gasteiger partial charge in [0, 0.05) is 5.02 Å². The highest BCUT2D eigenvalue weighted by Crippen LogP contribution is 2.20. The fourth-order valence-electron chi connectivity index (χ4n) is 3.14. The molecule has 1 N–H and O–H groups in total. The Hall–Kier alpha value is -4.09. The van der Waals surface area contributed by atoms with Crippen molar-refractivity contribution in [3.05, 3.63) is 130 Å². The molecule has 0 unspecified atom stereocenters. The van der Waals surface area contributed by atoms with E-state index in [0.717, 1.165) is 22.4 Å². The van der Waals surface area contributed by atoms with Crippen molar-refractivity contribution in [1.29, 1.82) is 0 Å². The molecule has 0 saturated carbocycles. The van der Waals surface area contributed by atoms with Crippen molar-refractivity contribution in [2.45, 2.75) is 13.2 Å². The molecule has 0 aliphatic rings. The Kier molecular flexibility index (Phi) is 7.93. The molecule has 1 amide bonds. The number of amides is 1. The molecule has 0 spiro atoms. The van der Waals surface area contributed by atoms with E-state index in [0.29, 0.717) is 29.5 Å². The Bertz CT molecular complexity index is 1240. The Labute approximate surface area is 203 Å². The summed E-state index contributed by atoms with van der Waals surface area (Å²) >= 11 is 5.92. The Morgan fingerprint density at radius 1 is 0.765 bits per heavy atom. The monoisotopic (exact) mass is 470 g/mol. The van der Waals surface area contributed by atoms with Crippen molar-refractivity contribution in [3.63, 3.8) is 0 Å². The highest BCUT2D eigenvalue weighted by molar-refractivity contribution is 6.30. The van der Waals surface area contributed by atoms with Gasteiger partial charge in [-0.3, -0.25) is 4.79 Å². The molecular formula is C28H23ClN2O3. The summed E-state index contributed by atoms with van der Waals surface area (Å²) in [6, 6.07) is 31.9. The molecule has 4 aromatic rings. The van der Waals surface area contributed by atoms with E-state index in [1.165, 1.54) is 0 Å². The van der Waals surface area contributed by atoms with E-state index in [-0.39, 0.29) is 5.91 Å². The summed E-state index contributed by atoms with van der Waals surface area (Å²) in [7, 11) is 0. The molecule has 0 aromatic heterocycles. The zero-order chi connectivity index (χ0) is 23.6. The molecule has 4 aromatic carbocycles. The zero-order valence-corrected chi connectivity index (χ0v) is 19.1. The van der Waals surface area contributed by atoms with Gasteiger partial charge in [-0.25, -0.2) is 5.43 Å². The van der Waals surface area contributed by atoms with Gasteiger partial charge in [0.2, 0.25) is 0 Å². The molecule has 34 heavy (non-hydrogen) atoms. The molecule has 4 rings (SSSR count). The molecule has 0 radical (unpaired) electrons. The maximum atomic E-state index is 12.6. The van der Waals surface area contributed by atoms with E-state index in [9.17, 15) is 4.79 Å². The number of nitrogens with one attached hydrogen (secondary N) is 1. The van der Waals surface area contributed by atoms with Gasteiger partial charge in [-0.2, -0.15) is 5.10 Å². The molecule has 0 aliphatic heterocycles. The van der Waals surface area contributed by atoms with Gasteiger partial charge in [0.15, 0.2) is 0 Å². The minimum Gasteiger partial charge on any atom is -0.489 e. The van der Waals surface area contributed by atoms with Crippen LogP contribution in [0, 0.1) is 0 Å². The SMILES string of the molecule is O=C(N/N=C/c1ccc(OCc2ccccc2)cc1)c1ccccc1OCc1ccc(Cl)cc1. The van der Waals surface area contributed by atoms with E-state index in [2.05, 4.69) is 10.5 Å². The summed E-state index contributed by atoms with van der Waals surface area (Å²) < 4.78 is 11.6. The van der Waals surface area contributed by atoms with Crippen LogP contribution in [0.1, 0.15) is 27.0 Å². The van der Waals surface area contributed by atoms with Gasteiger partial charge in [0.25, 0.3) is 5.91 Å². The summed E-state index contributed by atoms with van der Waals surface area (Å²) in [5.41, 5.74) is 5.85. The normalized spacial score (nSPS) is 10.7. The van der Waals surface area contributed by atoms with Crippen LogP contribution in [-0.2, 0) is 13.2 Å². The zero-order valence-electron chi connectivity index (χ0n) is 18.4. The maximum Gasteiger partial charge on any atom is 0.275 e. The van der Waals surface area contributed by atoms with E-state index in [4.69, 9.17) is 21.1 Å². The first-order valence-electron chi connectivity index (χ1n) is 10.7. The smallest absolute Gasteiger partial charge is 0.275 e. The van der Waals surface area contributed by atoms with E-state index in [1.54, 1.807) is 36.5 Å². The molecule has 170 valence electrons. The van der Waals surface area contributed by atoms with E-state index < -0.39 is 0 Å². The number of carbonyl (C=O) groups is 1. The Morgan fingerprint density at radius 3 is 2.18 bits per heavy atom. The van der Waals surface area contributed by atoms with Crippen LogP contribution in [0.25, 0.3) is 0 Å². The second-order valence-corrected chi connectivity index (χ2v) is 7.89. The lowest BCUT2D eigenvalue weighted by atomic mass is 10.2. The molecule has 0 fully saturated rings. The van der Waals surface area contributed by atoms with Crippen LogP contribution >= 0.6 is 11.6 Å². The van der Waals surface area contributed by atoms with Crippen molar-refractivity contribution < 1.29 is 14.3 Å². The molecule has 0 saturated heterocycles. The molecular weight excluding hydrogens is 448 g/mol. The first-order valence-corrected chi connectivity index (χ1v) is 11.1. The second kappa shape index (κ2) is 11.7. The quantitative estimate of drug-likeness (QED) is 0.232. The van der Waals surface area contributed by atoms with Crippen LogP contribution in [0.3, 0.4) is 0 Å². The largest absolute Gasteiger partial charge is 0.489 e. The van der Waals surface area contributed by atoms with Gasteiger partial charge >= 0.3 is 0 Å². The van der Waals surface area contributed by atoms with Crippen LogP contribution in [-0.4, -0.2) is 12.1 Å². The van der Waals surface area contributed by atoms with Gasteiger partial charge in [-0.15, -0.1) is 0 Å². The van der Waals surface area contributed by atoms with Gasteiger partial charge < -0.3 is 9.47 Å². The van der Waals surface area contributed by atoms with E-state index >= 15 is 0 Å². The number of ether oxygens (including phenoxy) is 2. The predicted molar refractivity (Wildman–Crippen MR) is 135 cm³/mol. The first-order chi connectivity index (χ1) is 16.7. The van der Waals surface area contributed by atoms with Crippen molar-refractivity contribution in [1.82, 2.24) is 5.43 Å². The number of nitrogens with zero attached hydrogens (tertiary/aromatic N) is 1. The van der Waals surface area contributed by atoms with Crippen molar-refractivity contribution in [2.24, 2.45) is 5.10 Å². The number of hydrogen-bond acceptors (Lipinski definition) is 4. The third-order valence-corrected chi connectivity index (χ3v) is 5.20. The van der Waals surface area contributed by atoms with Crippen LogP contribution < -0.4 is 14.9 Å². The average Bonchev–Trinajstić information content (AvgIpc) is 2.88. The van der Waals surface area contributed by atoms with Crippen LogP contribution in [0.15, 0.2) is 108 Å². The minimum absolute atomic E-state index is 0.323. The topological polar surface area (TPSA) is 59.9 Å². The van der Waals surface area contributed by atoms with Gasteiger partial charge in [-0.1, -0.05) is 66.2 Å². The highest BCUT2D eigenvalue weighted by atomic mass is 35.5. The number of hydrazone groups is 1. The van der Waals surface area contributed by atoms with Gasteiger partial charge in [0.1, 0.15) is 24.7 Å². The van der Waals surface area contributed by atoms with Gasteiger partial charge in [-0.05, 0) is 65.2 Å². The molecule has 0 heterocycles. The average molecular weight is 471 g/mol. The number of rotatable bonds is 9. The standard InChI is InChI=1S/C28H23ClN2O3/c29-24-14-10-23(11-15-24)20-34-27-9-5-4-8-26(27)28(32)31-30-18-21-12-16-25(17-13-21)33-19-22-6-2-1-3-7-22/h1-18H,19-20H2,(H,31,32)/b30-18+. The number of carbonyl (C=O) groups excluding carboxylic acids is 1. The third-order valence-electron chi connectivity index (χ3n) is 4.95.